The van der Waals surface area contributed by atoms with E-state index in [9.17, 15) is 9.59 Å². The second-order valence-corrected chi connectivity index (χ2v) is 5.02. The minimum Gasteiger partial charge on any atom is -0.465 e. The van der Waals surface area contributed by atoms with E-state index in [0.717, 1.165) is 6.42 Å². The Bertz CT molecular complexity index is 457. The average molecular weight is 288 g/mol. The van der Waals surface area contributed by atoms with Gasteiger partial charge in [-0.3, -0.25) is 9.36 Å². The van der Waals surface area contributed by atoms with E-state index in [0.29, 0.717) is 30.5 Å². The molecule has 1 heterocycles. The van der Waals surface area contributed by atoms with Gasteiger partial charge < -0.3 is 10.5 Å². The Morgan fingerprint density at radius 3 is 2.95 bits per heavy atom. The molecule has 0 aliphatic rings. The molecule has 1 atom stereocenters. The van der Waals surface area contributed by atoms with Crippen molar-refractivity contribution in [1.82, 2.24) is 14.8 Å². The van der Waals surface area contributed by atoms with Gasteiger partial charge in [0, 0.05) is 12.3 Å². The monoisotopic (exact) mass is 288 g/mol. The smallest absolute Gasteiger partial charge is 0.343 e. The lowest BCUT2D eigenvalue weighted by molar-refractivity contribution is -0.144. The van der Waals surface area contributed by atoms with Crippen molar-refractivity contribution >= 4 is 17.7 Å². The van der Waals surface area contributed by atoms with Crippen molar-refractivity contribution in [2.45, 2.75) is 44.4 Å². The normalized spacial score (nSPS) is 12.4. The highest BCUT2D eigenvalue weighted by Crippen LogP contribution is 2.15. The third-order valence-electron chi connectivity index (χ3n) is 2.42. The molecular weight excluding hydrogens is 268 g/mol. The fourth-order valence-corrected chi connectivity index (χ4v) is 2.47. The van der Waals surface area contributed by atoms with Gasteiger partial charge in [0.2, 0.25) is 0 Å². The molecule has 0 aliphatic heterocycles. The van der Waals surface area contributed by atoms with Gasteiger partial charge in [-0.05, 0) is 19.8 Å². The van der Waals surface area contributed by atoms with E-state index in [1.165, 1.54) is 11.8 Å². The first kappa shape index (κ1) is 15.8. The number of carbonyl (C=O) groups excluding carboxylic acids is 1. The van der Waals surface area contributed by atoms with Crippen molar-refractivity contribution in [1.29, 1.82) is 0 Å². The number of nitrogens with one attached hydrogen (secondary N) is 1. The number of rotatable bonds is 8. The number of hydrogen-bond donors (Lipinski definition) is 2. The Kier molecular flexibility index (Phi) is 6.65. The minimum atomic E-state index is -0.627. The predicted octanol–water partition coefficient (Wildman–Crippen LogP) is 0.354. The van der Waals surface area contributed by atoms with Crippen molar-refractivity contribution < 1.29 is 9.53 Å². The van der Waals surface area contributed by atoms with Crippen LogP contribution in [-0.2, 0) is 16.1 Å². The van der Waals surface area contributed by atoms with Crippen LogP contribution in [0, 0.1) is 0 Å². The van der Waals surface area contributed by atoms with Crippen LogP contribution >= 0.6 is 11.8 Å². The van der Waals surface area contributed by atoms with Crippen molar-refractivity contribution in [2.24, 2.45) is 5.73 Å². The van der Waals surface area contributed by atoms with Crippen LogP contribution in [0.3, 0.4) is 0 Å². The number of aromatic nitrogens is 3. The maximum atomic E-state index is 11.5. The van der Waals surface area contributed by atoms with Crippen LogP contribution < -0.4 is 11.4 Å². The second kappa shape index (κ2) is 8.00. The summed E-state index contributed by atoms with van der Waals surface area (Å²) in [4.78, 5) is 22.8. The van der Waals surface area contributed by atoms with Gasteiger partial charge in [0.25, 0.3) is 0 Å². The molecule has 0 saturated carbocycles. The molecule has 3 N–H and O–H groups in total. The van der Waals surface area contributed by atoms with Gasteiger partial charge in [-0.15, -0.1) is 5.10 Å². The number of carbonyl (C=O) groups is 1. The van der Waals surface area contributed by atoms with Crippen molar-refractivity contribution in [3.63, 3.8) is 0 Å². The standard InChI is InChI=1S/C11H20N4O3S/c1-3-6-15-10(17)13-14-11(15)19-7-5-8(12)9(16)18-4-2/h8H,3-7,12H2,1-2H3,(H,13,17). The van der Waals surface area contributed by atoms with E-state index < -0.39 is 12.0 Å². The van der Waals surface area contributed by atoms with E-state index in [1.807, 2.05) is 6.92 Å². The lowest BCUT2D eigenvalue weighted by atomic mass is 10.2. The highest BCUT2D eigenvalue weighted by molar-refractivity contribution is 7.99. The molecule has 0 fully saturated rings. The summed E-state index contributed by atoms with van der Waals surface area (Å²) < 4.78 is 6.41. The lowest BCUT2D eigenvalue weighted by Crippen LogP contribution is -2.32. The van der Waals surface area contributed by atoms with Gasteiger partial charge in [-0.1, -0.05) is 18.7 Å². The van der Waals surface area contributed by atoms with E-state index >= 15 is 0 Å². The van der Waals surface area contributed by atoms with Crippen LogP contribution in [0.15, 0.2) is 9.95 Å². The van der Waals surface area contributed by atoms with Gasteiger partial charge in [-0.2, -0.15) is 0 Å². The Balaban J connectivity index is 2.45. The second-order valence-electron chi connectivity index (χ2n) is 3.96. The fraction of sp³-hybridized carbons (Fsp3) is 0.727. The largest absolute Gasteiger partial charge is 0.465 e. The lowest BCUT2D eigenvalue weighted by Gasteiger charge is -2.09. The molecule has 8 heteroatoms. The molecule has 1 rings (SSSR count). The van der Waals surface area contributed by atoms with E-state index in [2.05, 4.69) is 10.2 Å². The number of hydrogen-bond acceptors (Lipinski definition) is 6. The summed E-state index contributed by atoms with van der Waals surface area (Å²) in [6, 6.07) is -0.627. The summed E-state index contributed by atoms with van der Waals surface area (Å²) in [6.45, 7) is 4.69. The maximum absolute atomic E-state index is 11.5. The average Bonchev–Trinajstić information content (AvgIpc) is 2.72. The summed E-state index contributed by atoms with van der Waals surface area (Å²) in [5.41, 5.74) is 5.48. The van der Waals surface area contributed by atoms with Crippen LogP contribution in [0.5, 0.6) is 0 Å². The van der Waals surface area contributed by atoms with Crippen molar-refractivity contribution in [3.8, 4) is 0 Å². The van der Waals surface area contributed by atoms with Crippen LogP contribution in [0.2, 0.25) is 0 Å². The highest BCUT2D eigenvalue weighted by atomic mass is 32.2. The number of aromatic amines is 1. The molecule has 1 unspecified atom stereocenters. The molecule has 19 heavy (non-hydrogen) atoms. The molecule has 0 radical (unpaired) electrons. The number of esters is 1. The van der Waals surface area contributed by atoms with E-state index in [1.54, 1.807) is 11.5 Å². The quantitative estimate of drug-likeness (QED) is 0.528. The number of ether oxygens (including phenoxy) is 1. The topological polar surface area (TPSA) is 103 Å². The Labute approximate surface area is 115 Å². The third kappa shape index (κ3) is 4.71. The van der Waals surface area contributed by atoms with Crippen LogP contribution in [0.25, 0.3) is 0 Å². The van der Waals surface area contributed by atoms with Crippen LogP contribution in [-0.4, -0.2) is 39.1 Å². The van der Waals surface area contributed by atoms with E-state index in [-0.39, 0.29) is 5.69 Å². The van der Waals surface area contributed by atoms with Gasteiger partial charge in [0.05, 0.1) is 6.61 Å². The van der Waals surface area contributed by atoms with Gasteiger partial charge in [0.1, 0.15) is 6.04 Å². The fourth-order valence-electron chi connectivity index (χ4n) is 1.48. The molecule has 7 nitrogen and oxygen atoms in total. The number of H-pyrrole nitrogens is 1. The minimum absolute atomic E-state index is 0.209. The molecule has 0 aromatic carbocycles. The summed E-state index contributed by atoms with van der Waals surface area (Å²) in [6.07, 6.45) is 1.34. The number of thioether (sulfide) groups is 1. The first-order chi connectivity index (χ1) is 9.10. The first-order valence-corrected chi connectivity index (χ1v) is 7.28. The molecule has 0 saturated heterocycles. The van der Waals surface area contributed by atoms with Gasteiger partial charge in [-0.25, -0.2) is 9.89 Å². The Morgan fingerprint density at radius 1 is 1.58 bits per heavy atom. The van der Waals surface area contributed by atoms with Crippen LogP contribution in [0.4, 0.5) is 0 Å². The number of nitrogens with zero attached hydrogens (tertiary/aromatic N) is 2. The molecule has 108 valence electrons. The Hall–Kier alpha value is -1.28. The summed E-state index contributed by atoms with van der Waals surface area (Å²) in [7, 11) is 0. The molecule has 0 aliphatic carbocycles. The predicted molar refractivity (Wildman–Crippen MR) is 73.1 cm³/mol. The highest BCUT2D eigenvalue weighted by Gasteiger charge is 2.15. The van der Waals surface area contributed by atoms with Gasteiger partial charge >= 0.3 is 11.7 Å². The molecule has 0 spiro atoms. The zero-order chi connectivity index (χ0) is 14.3. The van der Waals surface area contributed by atoms with E-state index in [4.69, 9.17) is 10.5 Å². The Morgan fingerprint density at radius 2 is 2.32 bits per heavy atom. The summed E-state index contributed by atoms with van der Waals surface area (Å²) >= 11 is 1.40. The molecule has 0 amide bonds. The first-order valence-electron chi connectivity index (χ1n) is 6.30. The van der Waals surface area contributed by atoms with Gasteiger partial charge in [0.15, 0.2) is 5.16 Å². The SMILES string of the molecule is CCCn1c(SCCC(N)C(=O)OCC)n[nH]c1=O. The number of nitrogens with two attached hydrogens (primary N) is 1. The summed E-state index contributed by atoms with van der Waals surface area (Å²) in [5, 5.41) is 6.99. The third-order valence-corrected chi connectivity index (χ3v) is 3.43. The molecule has 1 aromatic heterocycles. The molecular formula is C11H20N4O3S. The molecule has 1 aromatic rings. The van der Waals surface area contributed by atoms with Crippen molar-refractivity contribution in [2.75, 3.05) is 12.4 Å². The maximum Gasteiger partial charge on any atom is 0.343 e. The zero-order valence-corrected chi connectivity index (χ0v) is 12.0. The molecule has 0 bridgehead atoms. The van der Waals surface area contributed by atoms with Crippen molar-refractivity contribution in [3.05, 3.63) is 10.5 Å². The zero-order valence-electron chi connectivity index (χ0n) is 11.2. The summed E-state index contributed by atoms with van der Waals surface area (Å²) in [5.74, 6) is 0.213. The van der Waals surface area contributed by atoms with Crippen LogP contribution in [0.1, 0.15) is 26.7 Å².